The predicted molar refractivity (Wildman–Crippen MR) is 81.4 cm³/mol. The van der Waals surface area contributed by atoms with Gasteiger partial charge in [-0.3, -0.25) is 0 Å². The molecule has 2 rings (SSSR count). The zero-order chi connectivity index (χ0) is 13.8. The van der Waals surface area contributed by atoms with E-state index in [4.69, 9.17) is 5.73 Å². The van der Waals surface area contributed by atoms with Crippen molar-refractivity contribution >= 4 is 27.3 Å². The highest BCUT2D eigenvalue weighted by Gasteiger charge is 2.07. The highest BCUT2D eigenvalue weighted by molar-refractivity contribution is 9.10. The Labute approximate surface area is 121 Å². The van der Waals surface area contributed by atoms with Gasteiger partial charge in [0.05, 0.1) is 0 Å². The molecule has 100 valence electrons. The Morgan fingerprint density at radius 2 is 1.74 bits per heavy atom. The van der Waals surface area contributed by atoms with Gasteiger partial charge in [-0.2, -0.15) is 0 Å². The van der Waals surface area contributed by atoms with Gasteiger partial charge in [0, 0.05) is 22.9 Å². The van der Waals surface area contributed by atoms with Crippen molar-refractivity contribution in [1.29, 1.82) is 0 Å². The summed E-state index contributed by atoms with van der Waals surface area (Å²) in [5.74, 6) is -0.225. The fourth-order valence-corrected chi connectivity index (χ4v) is 2.48. The van der Waals surface area contributed by atoms with Crippen molar-refractivity contribution in [3.8, 4) is 0 Å². The summed E-state index contributed by atoms with van der Waals surface area (Å²) in [5, 5.41) is 0. The minimum atomic E-state index is -0.225. The lowest BCUT2D eigenvalue weighted by molar-refractivity contribution is 0.628. The van der Waals surface area contributed by atoms with Gasteiger partial charge in [-0.25, -0.2) is 4.39 Å². The quantitative estimate of drug-likeness (QED) is 0.926. The third-order valence-electron chi connectivity index (χ3n) is 3.05. The van der Waals surface area contributed by atoms with Crippen LogP contribution in [0.4, 0.5) is 15.8 Å². The molecule has 4 heteroatoms. The van der Waals surface area contributed by atoms with Gasteiger partial charge in [-0.05, 0) is 54.9 Å². The molecule has 0 atom stereocenters. The first kappa shape index (κ1) is 14.0. The van der Waals surface area contributed by atoms with Crippen molar-refractivity contribution in [1.82, 2.24) is 0 Å². The molecule has 0 aromatic heterocycles. The molecular weight excluding hydrogens is 307 g/mol. The van der Waals surface area contributed by atoms with Crippen LogP contribution in [0.25, 0.3) is 0 Å². The molecule has 19 heavy (non-hydrogen) atoms. The number of benzene rings is 2. The fourth-order valence-electron chi connectivity index (χ4n) is 1.92. The Morgan fingerprint density at radius 3 is 2.32 bits per heavy atom. The van der Waals surface area contributed by atoms with Crippen LogP contribution in [0.15, 0.2) is 46.9 Å². The van der Waals surface area contributed by atoms with Gasteiger partial charge in [0.1, 0.15) is 5.82 Å². The highest BCUT2D eigenvalue weighted by atomic mass is 79.9. The summed E-state index contributed by atoms with van der Waals surface area (Å²) in [6, 6.07) is 12.6. The molecule has 0 amide bonds. The third kappa shape index (κ3) is 3.33. The molecule has 0 spiro atoms. The molecule has 0 unspecified atom stereocenters. The summed E-state index contributed by atoms with van der Waals surface area (Å²) in [6.07, 6.45) is 0.848. The molecule has 2 nitrogen and oxygen atoms in total. The smallest absolute Gasteiger partial charge is 0.123 e. The van der Waals surface area contributed by atoms with Gasteiger partial charge in [-0.15, -0.1) is 0 Å². The highest BCUT2D eigenvalue weighted by Crippen LogP contribution is 2.28. The summed E-state index contributed by atoms with van der Waals surface area (Å²) in [4.78, 5) is 2.01. The van der Waals surface area contributed by atoms with Crippen molar-refractivity contribution in [2.75, 3.05) is 18.5 Å². The molecule has 0 aliphatic heterocycles. The van der Waals surface area contributed by atoms with Crippen LogP contribution in [0, 0.1) is 5.82 Å². The summed E-state index contributed by atoms with van der Waals surface area (Å²) >= 11 is 3.56. The molecule has 0 saturated heterocycles. The molecule has 0 fully saturated rings. The van der Waals surface area contributed by atoms with E-state index in [0.29, 0.717) is 6.54 Å². The van der Waals surface area contributed by atoms with E-state index < -0.39 is 0 Å². The maximum Gasteiger partial charge on any atom is 0.123 e. The van der Waals surface area contributed by atoms with Gasteiger partial charge < -0.3 is 10.6 Å². The fraction of sp³-hybridized carbons (Fsp3) is 0.200. The summed E-state index contributed by atoms with van der Waals surface area (Å²) in [5.41, 5.74) is 8.74. The van der Waals surface area contributed by atoms with Crippen molar-refractivity contribution in [3.63, 3.8) is 0 Å². The summed E-state index contributed by atoms with van der Waals surface area (Å²) < 4.78 is 14.0. The first-order valence-corrected chi connectivity index (χ1v) is 6.89. The third-order valence-corrected chi connectivity index (χ3v) is 3.79. The molecule has 0 bridgehead atoms. The number of anilines is 2. The van der Waals surface area contributed by atoms with Crippen LogP contribution >= 0.6 is 15.9 Å². The second kappa shape index (κ2) is 6.17. The van der Waals surface area contributed by atoms with E-state index in [1.807, 2.05) is 24.1 Å². The average Bonchev–Trinajstić information content (AvgIpc) is 2.41. The van der Waals surface area contributed by atoms with Gasteiger partial charge in [-0.1, -0.05) is 22.0 Å². The predicted octanol–water partition coefficient (Wildman–Crippen LogP) is 3.86. The van der Waals surface area contributed by atoms with Crippen molar-refractivity contribution < 1.29 is 4.39 Å². The van der Waals surface area contributed by atoms with Crippen molar-refractivity contribution in [2.45, 2.75) is 6.42 Å². The number of halogens is 2. The molecule has 2 aromatic rings. The normalized spacial score (nSPS) is 10.5. The molecule has 2 aromatic carbocycles. The van der Waals surface area contributed by atoms with Crippen molar-refractivity contribution in [2.24, 2.45) is 5.73 Å². The van der Waals surface area contributed by atoms with Crippen LogP contribution < -0.4 is 10.6 Å². The monoisotopic (exact) mass is 322 g/mol. The standard InChI is InChI=1S/C15H16BrFN2/c1-19(13-6-3-12(17)4-7-13)14-5-2-11(8-9-18)15(16)10-14/h2-7,10H,8-9,18H2,1H3. The Hall–Kier alpha value is -1.39. The van der Waals surface area contributed by atoms with E-state index in [2.05, 4.69) is 22.0 Å². The summed E-state index contributed by atoms with van der Waals surface area (Å²) in [6.45, 7) is 0.631. The van der Waals surface area contributed by atoms with Crippen LogP contribution in [0.3, 0.4) is 0 Å². The molecule has 0 aliphatic rings. The second-order valence-corrected chi connectivity index (χ2v) is 5.20. The first-order chi connectivity index (χ1) is 9.11. The van der Waals surface area contributed by atoms with Crippen LogP contribution in [-0.4, -0.2) is 13.6 Å². The van der Waals surface area contributed by atoms with Crippen LogP contribution in [0.1, 0.15) is 5.56 Å². The summed E-state index contributed by atoms with van der Waals surface area (Å²) in [7, 11) is 1.96. The van der Waals surface area contributed by atoms with E-state index in [9.17, 15) is 4.39 Å². The topological polar surface area (TPSA) is 29.3 Å². The lowest BCUT2D eigenvalue weighted by atomic mass is 10.1. The number of hydrogen-bond donors (Lipinski definition) is 1. The first-order valence-electron chi connectivity index (χ1n) is 6.09. The largest absolute Gasteiger partial charge is 0.345 e. The maximum absolute atomic E-state index is 12.9. The maximum atomic E-state index is 12.9. The molecule has 2 N–H and O–H groups in total. The van der Waals surface area contributed by atoms with E-state index in [1.54, 1.807) is 12.1 Å². The Morgan fingerprint density at radius 1 is 1.11 bits per heavy atom. The van der Waals surface area contributed by atoms with Gasteiger partial charge >= 0.3 is 0 Å². The molecular formula is C15H16BrFN2. The number of nitrogens with two attached hydrogens (primary N) is 1. The number of rotatable bonds is 4. The number of nitrogens with zero attached hydrogens (tertiary/aromatic N) is 1. The Balaban J connectivity index is 2.26. The Kier molecular flexibility index (Phi) is 4.56. The average molecular weight is 323 g/mol. The van der Waals surface area contributed by atoms with E-state index in [1.165, 1.54) is 17.7 Å². The SMILES string of the molecule is CN(c1ccc(F)cc1)c1ccc(CCN)c(Br)c1. The Bertz CT molecular complexity index is 555. The van der Waals surface area contributed by atoms with Crippen molar-refractivity contribution in [3.05, 3.63) is 58.3 Å². The van der Waals surface area contributed by atoms with E-state index in [0.717, 1.165) is 22.3 Å². The zero-order valence-corrected chi connectivity index (χ0v) is 12.3. The zero-order valence-electron chi connectivity index (χ0n) is 10.7. The molecule has 0 aliphatic carbocycles. The lowest BCUT2D eigenvalue weighted by Gasteiger charge is -2.20. The minimum Gasteiger partial charge on any atom is -0.345 e. The lowest BCUT2D eigenvalue weighted by Crippen LogP contribution is -2.10. The van der Waals surface area contributed by atoms with Gasteiger partial charge in [0.25, 0.3) is 0 Å². The molecule has 0 saturated carbocycles. The van der Waals surface area contributed by atoms with Gasteiger partial charge in [0.2, 0.25) is 0 Å². The molecule has 0 radical (unpaired) electrons. The minimum absolute atomic E-state index is 0.225. The van der Waals surface area contributed by atoms with Crippen LogP contribution in [-0.2, 0) is 6.42 Å². The molecule has 0 heterocycles. The van der Waals surface area contributed by atoms with Crippen LogP contribution in [0.2, 0.25) is 0 Å². The van der Waals surface area contributed by atoms with E-state index in [-0.39, 0.29) is 5.82 Å². The van der Waals surface area contributed by atoms with E-state index >= 15 is 0 Å². The second-order valence-electron chi connectivity index (χ2n) is 4.35. The van der Waals surface area contributed by atoms with Gasteiger partial charge in [0.15, 0.2) is 0 Å². The number of hydrogen-bond acceptors (Lipinski definition) is 2. The van der Waals surface area contributed by atoms with Crippen LogP contribution in [0.5, 0.6) is 0 Å².